The van der Waals surface area contributed by atoms with Crippen LogP contribution in [-0.2, 0) is 11.2 Å². The van der Waals surface area contributed by atoms with E-state index in [2.05, 4.69) is 6.08 Å². The highest BCUT2D eigenvalue weighted by atomic mass is 16.5. The van der Waals surface area contributed by atoms with Gasteiger partial charge in [-0.1, -0.05) is 11.6 Å². The zero-order valence-corrected chi connectivity index (χ0v) is 14.4. The van der Waals surface area contributed by atoms with Gasteiger partial charge in [0.2, 0.25) is 0 Å². The molecule has 0 amide bonds. The zero-order chi connectivity index (χ0) is 16.9. The molecule has 0 bridgehead atoms. The van der Waals surface area contributed by atoms with Crippen LogP contribution in [0, 0.1) is 20.8 Å². The molecule has 0 saturated carbocycles. The van der Waals surface area contributed by atoms with E-state index in [4.69, 9.17) is 14.6 Å². The maximum absolute atomic E-state index is 10.6. The highest BCUT2D eigenvalue weighted by Gasteiger charge is 2.17. The molecule has 0 heterocycles. The minimum Gasteiger partial charge on any atom is -0.496 e. The number of benzene rings is 1. The summed E-state index contributed by atoms with van der Waals surface area (Å²) in [6.07, 6.45) is 3.51. The molecule has 0 atom stereocenters. The molecule has 0 saturated heterocycles. The molecule has 1 rings (SSSR count). The van der Waals surface area contributed by atoms with Crippen molar-refractivity contribution in [3.8, 4) is 11.5 Å². The summed E-state index contributed by atoms with van der Waals surface area (Å²) in [4.78, 5) is 10.6. The number of hydrogen-bond donors (Lipinski definition) is 1. The van der Waals surface area contributed by atoms with Crippen molar-refractivity contribution in [2.45, 2.75) is 47.0 Å². The first-order chi connectivity index (χ1) is 10.3. The van der Waals surface area contributed by atoms with E-state index >= 15 is 0 Å². The van der Waals surface area contributed by atoms with Crippen LogP contribution < -0.4 is 9.47 Å². The van der Waals surface area contributed by atoms with Gasteiger partial charge in [0, 0.05) is 12.0 Å². The van der Waals surface area contributed by atoms with E-state index in [1.54, 1.807) is 14.2 Å². The van der Waals surface area contributed by atoms with Gasteiger partial charge in [0.25, 0.3) is 0 Å². The van der Waals surface area contributed by atoms with Gasteiger partial charge >= 0.3 is 5.97 Å². The van der Waals surface area contributed by atoms with E-state index in [0.717, 1.165) is 39.3 Å². The van der Waals surface area contributed by atoms with Gasteiger partial charge in [-0.2, -0.15) is 0 Å². The molecule has 122 valence electrons. The zero-order valence-electron chi connectivity index (χ0n) is 14.4. The average Bonchev–Trinajstić information content (AvgIpc) is 2.47. The number of rotatable bonds is 7. The third-order valence-corrected chi connectivity index (χ3v) is 4.11. The van der Waals surface area contributed by atoms with E-state index in [9.17, 15) is 4.79 Å². The van der Waals surface area contributed by atoms with Crippen LogP contribution in [0.3, 0.4) is 0 Å². The molecule has 0 aliphatic heterocycles. The second-order valence-electron chi connectivity index (χ2n) is 5.57. The van der Waals surface area contributed by atoms with Crippen LogP contribution in [0.4, 0.5) is 0 Å². The summed E-state index contributed by atoms with van der Waals surface area (Å²) in [5.41, 5.74) is 5.41. The molecule has 0 aliphatic rings. The van der Waals surface area contributed by atoms with Gasteiger partial charge in [0.1, 0.15) is 11.5 Å². The Morgan fingerprint density at radius 2 is 1.55 bits per heavy atom. The van der Waals surface area contributed by atoms with Crippen molar-refractivity contribution in [2.24, 2.45) is 0 Å². The Morgan fingerprint density at radius 1 is 1.00 bits per heavy atom. The summed E-state index contributed by atoms with van der Waals surface area (Å²) in [5, 5.41) is 8.75. The Balaban J connectivity index is 3.15. The third-order valence-electron chi connectivity index (χ3n) is 4.11. The average molecular weight is 306 g/mol. The quantitative estimate of drug-likeness (QED) is 0.774. The fourth-order valence-electron chi connectivity index (χ4n) is 2.67. The number of aliphatic carboxylic acids is 1. The first-order valence-electron chi connectivity index (χ1n) is 7.41. The Kier molecular flexibility index (Phi) is 6.47. The van der Waals surface area contributed by atoms with Gasteiger partial charge < -0.3 is 14.6 Å². The minimum atomic E-state index is -0.769. The Bertz CT molecular complexity index is 585. The predicted octanol–water partition coefficient (Wildman–Crippen LogP) is 3.98. The van der Waals surface area contributed by atoms with E-state index in [1.807, 2.05) is 27.7 Å². The van der Waals surface area contributed by atoms with Crippen LogP contribution in [0.2, 0.25) is 0 Å². The van der Waals surface area contributed by atoms with Gasteiger partial charge in [-0.3, -0.25) is 4.79 Å². The standard InChI is InChI=1S/C18H26O4/c1-11(8-10-16(19)20)7-9-15-14(4)17(21-5)12(2)13(3)18(15)22-6/h7H,8-10H2,1-6H3,(H,19,20)/b11-7+. The number of hydrogen-bond acceptors (Lipinski definition) is 3. The van der Waals surface area contributed by atoms with Crippen molar-refractivity contribution in [1.29, 1.82) is 0 Å². The third kappa shape index (κ3) is 4.03. The smallest absolute Gasteiger partial charge is 0.303 e. The number of allylic oxidation sites excluding steroid dienone is 2. The largest absolute Gasteiger partial charge is 0.496 e. The molecule has 4 heteroatoms. The molecular weight excluding hydrogens is 280 g/mol. The molecule has 1 aromatic carbocycles. The molecular formula is C18H26O4. The SMILES string of the molecule is COc1c(C)c(C)c(OC)c(C/C=C(\C)CCC(=O)O)c1C. The summed E-state index contributed by atoms with van der Waals surface area (Å²) >= 11 is 0. The lowest BCUT2D eigenvalue weighted by atomic mass is 9.94. The molecule has 0 aliphatic carbocycles. The highest BCUT2D eigenvalue weighted by molar-refractivity contribution is 5.67. The topological polar surface area (TPSA) is 55.8 Å². The number of carbonyl (C=O) groups is 1. The molecule has 1 aromatic rings. The molecule has 22 heavy (non-hydrogen) atoms. The van der Waals surface area contributed by atoms with Crippen LogP contribution >= 0.6 is 0 Å². The molecule has 0 spiro atoms. The fraction of sp³-hybridized carbons (Fsp3) is 0.500. The molecule has 0 fully saturated rings. The lowest BCUT2D eigenvalue weighted by molar-refractivity contribution is -0.136. The van der Waals surface area contributed by atoms with Gasteiger partial charge in [-0.05, 0) is 57.2 Å². The van der Waals surface area contributed by atoms with Crippen LogP contribution in [0.25, 0.3) is 0 Å². The van der Waals surface area contributed by atoms with Gasteiger partial charge in [-0.25, -0.2) is 0 Å². The summed E-state index contributed by atoms with van der Waals surface area (Å²) in [6.45, 7) is 8.05. The van der Waals surface area contributed by atoms with Crippen LogP contribution in [0.1, 0.15) is 42.0 Å². The molecule has 0 unspecified atom stereocenters. The van der Waals surface area contributed by atoms with Crippen molar-refractivity contribution < 1.29 is 19.4 Å². The van der Waals surface area contributed by atoms with E-state index in [1.165, 1.54) is 0 Å². The van der Waals surface area contributed by atoms with E-state index < -0.39 is 5.97 Å². The minimum absolute atomic E-state index is 0.161. The maximum atomic E-state index is 10.6. The lowest BCUT2D eigenvalue weighted by Gasteiger charge is -2.20. The lowest BCUT2D eigenvalue weighted by Crippen LogP contribution is -2.03. The monoisotopic (exact) mass is 306 g/mol. The van der Waals surface area contributed by atoms with Crippen LogP contribution in [0.15, 0.2) is 11.6 Å². The van der Waals surface area contributed by atoms with Crippen molar-refractivity contribution in [3.05, 3.63) is 33.9 Å². The Hall–Kier alpha value is -1.97. The highest BCUT2D eigenvalue weighted by Crippen LogP contribution is 2.38. The number of carboxylic acid groups (broad SMARTS) is 1. The molecule has 1 N–H and O–H groups in total. The van der Waals surface area contributed by atoms with Crippen molar-refractivity contribution in [3.63, 3.8) is 0 Å². The molecule has 0 aromatic heterocycles. The van der Waals surface area contributed by atoms with Crippen LogP contribution in [0.5, 0.6) is 11.5 Å². The summed E-state index contributed by atoms with van der Waals surface area (Å²) in [6, 6.07) is 0. The Labute approximate surface area is 132 Å². The maximum Gasteiger partial charge on any atom is 0.303 e. The van der Waals surface area contributed by atoms with Crippen molar-refractivity contribution in [1.82, 2.24) is 0 Å². The number of methoxy groups -OCH3 is 2. The van der Waals surface area contributed by atoms with Gasteiger partial charge in [0.15, 0.2) is 0 Å². The first kappa shape index (κ1) is 18.1. The van der Waals surface area contributed by atoms with E-state index in [-0.39, 0.29) is 6.42 Å². The van der Waals surface area contributed by atoms with Gasteiger partial charge in [0.05, 0.1) is 14.2 Å². The summed E-state index contributed by atoms with van der Waals surface area (Å²) in [7, 11) is 3.36. The second kappa shape index (κ2) is 7.87. The van der Waals surface area contributed by atoms with E-state index in [0.29, 0.717) is 12.8 Å². The van der Waals surface area contributed by atoms with Crippen LogP contribution in [-0.4, -0.2) is 25.3 Å². The first-order valence-corrected chi connectivity index (χ1v) is 7.41. The Morgan fingerprint density at radius 3 is 2.05 bits per heavy atom. The van der Waals surface area contributed by atoms with Gasteiger partial charge in [-0.15, -0.1) is 0 Å². The number of ether oxygens (including phenoxy) is 2. The second-order valence-corrected chi connectivity index (χ2v) is 5.57. The molecule has 4 nitrogen and oxygen atoms in total. The normalized spacial score (nSPS) is 11.5. The number of carboxylic acids is 1. The van der Waals surface area contributed by atoms with Crippen molar-refractivity contribution >= 4 is 5.97 Å². The molecule has 0 radical (unpaired) electrons. The predicted molar refractivity (Wildman–Crippen MR) is 88.1 cm³/mol. The summed E-state index contributed by atoms with van der Waals surface area (Å²) < 4.78 is 11.1. The fourth-order valence-corrected chi connectivity index (χ4v) is 2.67. The van der Waals surface area contributed by atoms with Crippen molar-refractivity contribution in [2.75, 3.05) is 14.2 Å². The summed E-state index contributed by atoms with van der Waals surface area (Å²) in [5.74, 6) is 1.01.